The van der Waals surface area contributed by atoms with E-state index < -0.39 is 0 Å². The minimum atomic E-state index is -0.303. The molecule has 0 fully saturated rings. The maximum Gasteiger partial charge on any atom is 0.157 e. The molecule has 0 bridgehead atoms. The van der Waals surface area contributed by atoms with Crippen LogP contribution in [-0.2, 0) is 27.1 Å². The van der Waals surface area contributed by atoms with Crippen molar-refractivity contribution in [1.82, 2.24) is 9.55 Å². The third-order valence-electron chi connectivity index (χ3n) is 16.2. The Balaban J connectivity index is 0.878. The molecule has 0 radical (unpaired) electrons. The van der Waals surface area contributed by atoms with Gasteiger partial charge in [-0.3, -0.25) is 9.47 Å². The molecule has 0 atom stereocenters. The number of aromatic nitrogens is 2. The van der Waals surface area contributed by atoms with Gasteiger partial charge < -0.3 is 24.0 Å². The molecule has 0 unspecified atom stereocenters. The predicted octanol–water partition coefficient (Wildman–Crippen LogP) is 18.7. The van der Waals surface area contributed by atoms with E-state index in [1.807, 2.05) is 12.3 Å². The summed E-state index contributed by atoms with van der Waals surface area (Å²) in [7, 11) is 0. The van der Waals surface area contributed by atoms with Crippen molar-refractivity contribution in [3.05, 3.63) is 173 Å². The van der Waals surface area contributed by atoms with Crippen LogP contribution in [-0.4, -0.2) is 16.2 Å². The summed E-state index contributed by atoms with van der Waals surface area (Å²) in [4.78, 5) is 12.1. The number of hydrogen-bond donors (Lipinski definition) is 0. The SMILES string of the molecule is CC(C)(C)c1ccnc(-n2c3ccc(C(C)(C)C)cc3c3ccc(Oc4cccc(N5CN(c6cc7c8c(c6)Oc6cc(C(C)(C)C)cc9c6N8c6c(cc(C(C)(C)C)cc6C9(C)C)O7)c6ccccc65)c4)cc32)c1. The fraction of sp³-hybridized carbons (Fsp3) is 0.299. The van der Waals surface area contributed by atoms with Gasteiger partial charge in [-0.25, -0.2) is 4.98 Å². The maximum absolute atomic E-state index is 7.16. The molecule has 0 saturated carbocycles. The number of para-hydroxylation sites is 2. The van der Waals surface area contributed by atoms with Gasteiger partial charge >= 0.3 is 0 Å². The van der Waals surface area contributed by atoms with Crippen molar-refractivity contribution in [2.24, 2.45) is 0 Å². The van der Waals surface area contributed by atoms with E-state index in [4.69, 9.17) is 19.2 Å². The van der Waals surface area contributed by atoms with Crippen molar-refractivity contribution in [2.75, 3.05) is 21.4 Å². The van der Waals surface area contributed by atoms with Crippen LogP contribution < -0.4 is 28.9 Å². The van der Waals surface area contributed by atoms with Crippen LogP contribution in [0.3, 0.4) is 0 Å². The summed E-state index contributed by atoms with van der Waals surface area (Å²) < 4.78 is 23.5. The number of fused-ring (bicyclic) bond motifs is 4. The zero-order valence-electron chi connectivity index (χ0n) is 45.9. The summed E-state index contributed by atoms with van der Waals surface area (Å²) >= 11 is 0. The van der Waals surface area contributed by atoms with Crippen molar-refractivity contribution >= 4 is 61.6 Å². The monoisotopic (exact) mass is 990 g/mol. The Hall–Kier alpha value is -7.71. The number of pyridine rings is 1. The molecule has 6 heterocycles. The lowest BCUT2D eigenvalue weighted by Gasteiger charge is -2.48. The van der Waals surface area contributed by atoms with Gasteiger partial charge in [-0.15, -0.1) is 0 Å². The molecule has 8 nitrogen and oxygen atoms in total. The quantitative estimate of drug-likeness (QED) is 0.170. The Morgan fingerprint density at radius 3 is 1.63 bits per heavy atom. The second-order valence-electron chi connectivity index (χ2n) is 25.9. The highest BCUT2D eigenvalue weighted by molar-refractivity contribution is 6.10. The first-order chi connectivity index (χ1) is 35.4. The van der Waals surface area contributed by atoms with E-state index in [2.05, 4.69) is 244 Å². The third-order valence-corrected chi connectivity index (χ3v) is 16.2. The van der Waals surface area contributed by atoms with Gasteiger partial charge in [0, 0.05) is 52.3 Å². The zero-order valence-corrected chi connectivity index (χ0v) is 45.9. The van der Waals surface area contributed by atoms with Crippen LogP contribution in [0.25, 0.3) is 27.6 Å². The molecule has 7 aromatic carbocycles. The van der Waals surface area contributed by atoms with Crippen LogP contribution in [0, 0.1) is 0 Å². The highest BCUT2D eigenvalue weighted by Gasteiger charge is 2.48. The van der Waals surface area contributed by atoms with Crippen molar-refractivity contribution in [2.45, 2.75) is 124 Å². The lowest BCUT2D eigenvalue weighted by atomic mass is 9.69. The average Bonchev–Trinajstić information content (AvgIpc) is 3.94. The zero-order chi connectivity index (χ0) is 52.5. The highest BCUT2D eigenvalue weighted by Crippen LogP contribution is 2.68. The Morgan fingerprint density at radius 1 is 0.467 bits per heavy atom. The Kier molecular flexibility index (Phi) is 9.83. The molecular weight excluding hydrogens is 923 g/mol. The largest absolute Gasteiger partial charge is 0.457 e. The number of benzene rings is 7. The van der Waals surface area contributed by atoms with E-state index in [1.165, 1.54) is 38.8 Å². The Labute approximate surface area is 442 Å². The predicted molar refractivity (Wildman–Crippen MR) is 309 cm³/mol. The summed E-state index contributed by atoms with van der Waals surface area (Å²) in [6.07, 6.45) is 1.93. The van der Waals surface area contributed by atoms with Gasteiger partial charge in [-0.1, -0.05) is 133 Å². The minimum absolute atomic E-state index is 0.00134. The summed E-state index contributed by atoms with van der Waals surface area (Å²) in [5.41, 5.74) is 16.6. The lowest BCUT2D eigenvalue weighted by Crippen LogP contribution is -2.35. The fourth-order valence-corrected chi connectivity index (χ4v) is 11.8. The van der Waals surface area contributed by atoms with Crippen LogP contribution in [0.15, 0.2) is 140 Å². The maximum atomic E-state index is 7.16. The van der Waals surface area contributed by atoms with Gasteiger partial charge in [-0.05, 0) is 128 Å². The summed E-state index contributed by atoms with van der Waals surface area (Å²) in [5, 5.41) is 2.36. The van der Waals surface area contributed by atoms with Gasteiger partial charge in [0.25, 0.3) is 0 Å². The summed E-state index contributed by atoms with van der Waals surface area (Å²) in [5.74, 6) is 5.69. The molecule has 9 aromatic rings. The first-order valence-electron chi connectivity index (χ1n) is 26.6. The molecule has 0 amide bonds. The van der Waals surface area contributed by atoms with E-state index in [0.717, 1.165) is 96.5 Å². The normalized spacial score (nSPS) is 15.3. The van der Waals surface area contributed by atoms with E-state index in [0.29, 0.717) is 6.67 Å². The van der Waals surface area contributed by atoms with Gasteiger partial charge in [0.15, 0.2) is 23.0 Å². The van der Waals surface area contributed by atoms with Gasteiger partial charge in [0.05, 0.1) is 39.5 Å². The molecule has 13 rings (SSSR count). The molecule has 0 N–H and O–H groups in total. The second kappa shape index (κ2) is 15.7. The topological polar surface area (TPSA) is 55.2 Å². The fourth-order valence-electron chi connectivity index (χ4n) is 11.8. The number of nitrogens with zero attached hydrogens (tertiary/aromatic N) is 5. The van der Waals surface area contributed by atoms with Gasteiger partial charge in [0.2, 0.25) is 0 Å². The second-order valence-corrected chi connectivity index (χ2v) is 25.9. The standard InChI is InChI=1S/C67H67N5O3/c1-63(2,3)39-22-25-51-48(28-39)47-24-23-46(37-54(47)71(51)59-33-40(26-27-68-59)64(4,5)6)73-45-19-17-18-43(34-45)69-38-70(53-21-16-15-20-52(53)69)44-35-57-62-58(36-44)75-56-32-42(66(10,11)12)30-50-61(56)72(62)60-49(67(50,13)14)29-41(65(7,8)9)31-55(60)74-57/h15-37H,38H2,1-14H3. The van der Waals surface area contributed by atoms with Crippen LogP contribution in [0.1, 0.15) is 130 Å². The smallest absolute Gasteiger partial charge is 0.157 e. The minimum Gasteiger partial charge on any atom is -0.457 e. The van der Waals surface area contributed by atoms with Crippen molar-refractivity contribution in [3.63, 3.8) is 0 Å². The first-order valence-corrected chi connectivity index (χ1v) is 26.6. The molecule has 0 aliphatic carbocycles. The van der Waals surface area contributed by atoms with E-state index >= 15 is 0 Å². The number of ether oxygens (including phenoxy) is 3. The Bertz CT molecular complexity index is 3790. The van der Waals surface area contributed by atoms with Gasteiger partial charge in [0.1, 0.15) is 29.7 Å². The highest BCUT2D eigenvalue weighted by atomic mass is 16.5. The molecule has 0 saturated heterocycles. The third kappa shape index (κ3) is 7.33. The van der Waals surface area contributed by atoms with Crippen molar-refractivity contribution in [3.8, 4) is 40.3 Å². The van der Waals surface area contributed by atoms with Crippen LogP contribution in [0.4, 0.5) is 39.8 Å². The van der Waals surface area contributed by atoms with Crippen LogP contribution >= 0.6 is 0 Å². The lowest BCUT2D eigenvalue weighted by molar-refractivity contribution is 0.434. The van der Waals surface area contributed by atoms with Crippen LogP contribution in [0.5, 0.6) is 34.5 Å². The average molecular weight is 990 g/mol. The molecule has 4 aliphatic heterocycles. The summed E-state index contributed by atoms with van der Waals surface area (Å²) in [6.45, 7) is 32.5. The van der Waals surface area contributed by atoms with Crippen molar-refractivity contribution in [1.29, 1.82) is 0 Å². The van der Waals surface area contributed by atoms with E-state index in [9.17, 15) is 0 Å². The number of anilines is 7. The molecule has 2 aromatic heterocycles. The first kappa shape index (κ1) is 47.0. The van der Waals surface area contributed by atoms with E-state index in [1.54, 1.807) is 0 Å². The molecule has 378 valence electrons. The Morgan fingerprint density at radius 2 is 1.03 bits per heavy atom. The molecular formula is C67H67N5O3. The number of hydrogen-bond acceptors (Lipinski definition) is 7. The molecule has 4 aliphatic rings. The number of rotatable bonds is 5. The molecule has 75 heavy (non-hydrogen) atoms. The van der Waals surface area contributed by atoms with Crippen molar-refractivity contribution < 1.29 is 14.2 Å². The summed E-state index contributed by atoms with van der Waals surface area (Å²) in [6, 6.07) is 48.5. The molecule has 8 heteroatoms. The van der Waals surface area contributed by atoms with E-state index in [-0.39, 0.29) is 27.1 Å². The molecule has 0 spiro atoms. The van der Waals surface area contributed by atoms with Crippen LogP contribution in [0.2, 0.25) is 0 Å². The van der Waals surface area contributed by atoms with Gasteiger partial charge in [-0.2, -0.15) is 0 Å².